The van der Waals surface area contributed by atoms with Crippen molar-refractivity contribution in [3.63, 3.8) is 0 Å². The first-order valence-corrected chi connectivity index (χ1v) is 6.90. The maximum Gasteiger partial charge on any atom is 0.213 e. The molecule has 0 aliphatic rings. The molecule has 0 aromatic carbocycles. The van der Waals surface area contributed by atoms with Gasteiger partial charge in [-0.05, 0) is 25.2 Å². The van der Waals surface area contributed by atoms with Crippen molar-refractivity contribution >= 4 is 0 Å². The van der Waals surface area contributed by atoms with E-state index in [1.54, 1.807) is 4.68 Å². The first-order valence-electron chi connectivity index (χ1n) is 6.90. The lowest BCUT2D eigenvalue weighted by Gasteiger charge is -2.06. The number of rotatable bonds is 7. The van der Waals surface area contributed by atoms with Gasteiger partial charge < -0.3 is 5.11 Å². The number of hydrogen-bond acceptors (Lipinski definition) is 2. The van der Waals surface area contributed by atoms with Crippen LogP contribution in [-0.4, -0.2) is 14.9 Å². The molecule has 1 heterocycles. The Labute approximate surface area is 105 Å². The molecule has 0 unspecified atom stereocenters. The van der Waals surface area contributed by atoms with Crippen LogP contribution < -0.4 is 0 Å². The normalized spacial score (nSPS) is 11.4. The quantitative estimate of drug-likeness (QED) is 0.783. The van der Waals surface area contributed by atoms with Crippen molar-refractivity contribution in [1.82, 2.24) is 9.78 Å². The Morgan fingerprint density at radius 2 is 1.82 bits per heavy atom. The lowest BCUT2D eigenvalue weighted by Crippen LogP contribution is -2.00. The standard InChI is InChI=1S/C14H26N2O/c1-5-7-9-12-13(11(3)4)14(17)16(15-12)10-8-6-2/h11,17H,5-10H2,1-4H3. The minimum atomic E-state index is 0.345. The molecule has 3 nitrogen and oxygen atoms in total. The van der Waals surface area contributed by atoms with Gasteiger partial charge in [0, 0.05) is 12.1 Å². The number of aromatic hydroxyl groups is 1. The summed E-state index contributed by atoms with van der Waals surface area (Å²) in [5.74, 6) is 0.733. The topological polar surface area (TPSA) is 38.0 Å². The number of unbranched alkanes of at least 4 members (excludes halogenated alkanes) is 2. The van der Waals surface area contributed by atoms with Crippen LogP contribution in [0.25, 0.3) is 0 Å². The monoisotopic (exact) mass is 238 g/mol. The highest BCUT2D eigenvalue weighted by Gasteiger charge is 2.18. The molecular weight excluding hydrogens is 212 g/mol. The molecule has 0 bridgehead atoms. The smallest absolute Gasteiger partial charge is 0.213 e. The molecule has 17 heavy (non-hydrogen) atoms. The summed E-state index contributed by atoms with van der Waals surface area (Å²) in [4.78, 5) is 0. The van der Waals surface area contributed by atoms with Crippen LogP contribution >= 0.6 is 0 Å². The predicted molar refractivity (Wildman–Crippen MR) is 71.5 cm³/mol. The SMILES string of the molecule is CCCCc1nn(CCCC)c(O)c1C(C)C. The summed E-state index contributed by atoms with van der Waals surface area (Å²) < 4.78 is 1.78. The van der Waals surface area contributed by atoms with Crippen LogP contribution in [0.2, 0.25) is 0 Å². The van der Waals surface area contributed by atoms with Crippen molar-refractivity contribution in [3.8, 4) is 5.88 Å². The summed E-state index contributed by atoms with van der Waals surface area (Å²) in [7, 11) is 0. The lowest BCUT2D eigenvalue weighted by atomic mass is 10.0. The Morgan fingerprint density at radius 3 is 2.35 bits per heavy atom. The zero-order valence-corrected chi connectivity index (χ0v) is 11.7. The molecule has 98 valence electrons. The highest BCUT2D eigenvalue weighted by Crippen LogP contribution is 2.30. The highest BCUT2D eigenvalue weighted by molar-refractivity contribution is 5.33. The third-order valence-corrected chi connectivity index (χ3v) is 3.11. The largest absolute Gasteiger partial charge is 0.493 e. The van der Waals surface area contributed by atoms with Gasteiger partial charge in [0.15, 0.2) is 0 Å². The van der Waals surface area contributed by atoms with Gasteiger partial charge in [-0.2, -0.15) is 5.10 Å². The van der Waals surface area contributed by atoms with Crippen molar-refractivity contribution < 1.29 is 5.11 Å². The van der Waals surface area contributed by atoms with Gasteiger partial charge in [-0.25, -0.2) is 4.68 Å². The molecule has 0 fully saturated rings. The van der Waals surface area contributed by atoms with E-state index in [1.807, 2.05) is 0 Å². The van der Waals surface area contributed by atoms with Crippen LogP contribution in [0.4, 0.5) is 0 Å². The molecule has 0 spiro atoms. The fraction of sp³-hybridized carbons (Fsp3) is 0.786. The van der Waals surface area contributed by atoms with Gasteiger partial charge in [0.25, 0.3) is 0 Å². The fourth-order valence-corrected chi connectivity index (χ4v) is 2.10. The van der Waals surface area contributed by atoms with Crippen LogP contribution in [-0.2, 0) is 13.0 Å². The highest BCUT2D eigenvalue weighted by atomic mass is 16.3. The minimum absolute atomic E-state index is 0.345. The summed E-state index contributed by atoms with van der Waals surface area (Å²) >= 11 is 0. The zero-order valence-electron chi connectivity index (χ0n) is 11.7. The van der Waals surface area contributed by atoms with Crippen LogP contribution in [0.15, 0.2) is 0 Å². The van der Waals surface area contributed by atoms with Crippen molar-refractivity contribution in [1.29, 1.82) is 0 Å². The van der Waals surface area contributed by atoms with E-state index in [0.717, 1.165) is 43.5 Å². The average Bonchev–Trinajstić information content (AvgIpc) is 2.60. The minimum Gasteiger partial charge on any atom is -0.493 e. The molecule has 0 radical (unpaired) electrons. The first kappa shape index (κ1) is 14.1. The molecule has 0 atom stereocenters. The van der Waals surface area contributed by atoms with Crippen LogP contribution in [0.3, 0.4) is 0 Å². The summed E-state index contributed by atoms with van der Waals surface area (Å²) in [5.41, 5.74) is 2.14. The number of aryl methyl sites for hydroxylation is 2. The summed E-state index contributed by atoms with van der Waals surface area (Å²) in [5, 5.41) is 14.8. The summed E-state index contributed by atoms with van der Waals surface area (Å²) in [6.07, 6.45) is 5.49. The zero-order chi connectivity index (χ0) is 12.8. The Balaban J connectivity index is 2.93. The first-order chi connectivity index (χ1) is 8.11. The van der Waals surface area contributed by atoms with Gasteiger partial charge in [0.05, 0.1) is 5.69 Å². The van der Waals surface area contributed by atoms with E-state index < -0.39 is 0 Å². The summed E-state index contributed by atoms with van der Waals surface area (Å²) in [6.45, 7) is 9.41. The van der Waals surface area contributed by atoms with E-state index in [2.05, 4.69) is 32.8 Å². The second-order valence-corrected chi connectivity index (χ2v) is 5.02. The predicted octanol–water partition coefficient (Wildman–Crippen LogP) is 3.85. The van der Waals surface area contributed by atoms with Crippen LogP contribution in [0.1, 0.15) is 70.6 Å². The Hall–Kier alpha value is -0.990. The lowest BCUT2D eigenvalue weighted by molar-refractivity contribution is 0.387. The van der Waals surface area contributed by atoms with E-state index in [4.69, 9.17) is 0 Å². The van der Waals surface area contributed by atoms with E-state index in [-0.39, 0.29) is 0 Å². The molecule has 1 aromatic rings. The average molecular weight is 238 g/mol. The second-order valence-electron chi connectivity index (χ2n) is 5.02. The van der Waals surface area contributed by atoms with Crippen LogP contribution in [0, 0.1) is 0 Å². The molecule has 0 saturated heterocycles. The molecule has 1 rings (SSSR count). The van der Waals surface area contributed by atoms with Gasteiger partial charge >= 0.3 is 0 Å². The molecule has 1 N–H and O–H groups in total. The number of hydrogen-bond donors (Lipinski definition) is 1. The maximum atomic E-state index is 10.2. The Bertz CT molecular complexity index is 342. The fourth-order valence-electron chi connectivity index (χ4n) is 2.10. The van der Waals surface area contributed by atoms with Crippen molar-refractivity contribution in [2.75, 3.05) is 0 Å². The molecular formula is C14H26N2O. The van der Waals surface area contributed by atoms with E-state index in [0.29, 0.717) is 11.8 Å². The number of nitrogens with zero attached hydrogens (tertiary/aromatic N) is 2. The van der Waals surface area contributed by atoms with Gasteiger partial charge in [0.1, 0.15) is 0 Å². The molecule has 3 heteroatoms. The van der Waals surface area contributed by atoms with Gasteiger partial charge in [-0.15, -0.1) is 0 Å². The number of aromatic nitrogens is 2. The Kier molecular flexibility index (Phi) is 5.52. The summed E-state index contributed by atoms with van der Waals surface area (Å²) in [6, 6.07) is 0. The van der Waals surface area contributed by atoms with E-state index >= 15 is 0 Å². The second kappa shape index (κ2) is 6.67. The maximum absolute atomic E-state index is 10.2. The van der Waals surface area contributed by atoms with E-state index in [9.17, 15) is 5.11 Å². The van der Waals surface area contributed by atoms with Crippen molar-refractivity contribution in [2.24, 2.45) is 0 Å². The third-order valence-electron chi connectivity index (χ3n) is 3.11. The molecule has 0 aliphatic carbocycles. The molecule has 0 aliphatic heterocycles. The van der Waals surface area contributed by atoms with Gasteiger partial charge in [0.2, 0.25) is 5.88 Å². The molecule has 1 aromatic heterocycles. The Morgan fingerprint density at radius 1 is 1.18 bits per heavy atom. The van der Waals surface area contributed by atoms with Crippen molar-refractivity contribution in [3.05, 3.63) is 11.3 Å². The molecule has 0 amide bonds. The third kappa shape index (κ3) is 3.48. The molecule has 0 saturated carbocycles. The van der Waals surface area contributed by atoms with Gasteiger partial charge in [-0.1, -0.05) is 40.5 Å². The van der Waals surface area contributed by atoms with Crippen LogP contribution in [0.5, 0.6) is 5.88 Å². The van der Waals surface area contributed by atoms with Crippen molar-refractivity contribution in [2.45, 2.75) is 72.3 Å². The van der Waals surface area contributed by atoms with E-state index in [1.165, 1.54) is 6.42 Å². The van der Waals surface area contributed by atoms with Gasteiger partial charge in [-0.3, -0.25) is 0 Å².